The van der Waals surface area contributed by atoms with Gasteiger partial charge in [-0.05, 0) is 72.2 Å². The van der Waals surface area contributed by atoms with Crippen LogP contribution in [0.3, 0.4) is 0 Å². The zero-order valence-corrected chi connectivity index (χ0v) is 16.9. The predicted molar refractivity (Wildman–Crippen MR) is 121 cm³/mol. The number of allylic oxidation sites excluding steroid dienone is 2. The summed E-state index contributed by atoms with van der Waals surface area (Å²) in [5, 5.41) is 0. The number of aryl methyl sites for hydroxylation is 2. The zero-order valence-electron chi connectivity index (χ0n) is 16.9. The average molecular weight is 357 g/mol. The maximum atomic E-state index is 3.08. The monoisotopic (exact) mass is 356 g/mol. The van der Waals surface area contributed by atoms with Crippen LogP contribution in [0, 0.1) is 11.8 Å². The second-order valence-electron chi connectivity index (χ2n) is 7.00. The van der Waals surface area contributed by atoms with Gasteiger partial charge < -0.3 is 0 Å². The van der Waals surface area contributed by atoms with E-state index in [0.29, 0.717) is 0 Å². The lowest BCUT2D eigenvalue weighted by atomic mass is 10.1. The average Bonchev–Trinajstić information content (AvgIpc) is 2.71. The van der Waals surface area contributed by atoms with E-state index < -0.39 is 0 Å². The van der Waals surface area contributed by atoms with Crippen molar-refractivity contribution in [1.29, 1.82) is 0 Å². The summed E-state index contributed by atoms with van der Waals surface area (Å²) in [6, 6.07) is 17.6. The summed E-state index contributed by atoms with van der Waals surface area (Å²) in [5.74, 6) is 6.16. The van der Waals surface area contributed by atoms with E-state index in [1.165, 1.54) is 67.2 Å². The highest BCUT2D eigenvalue weighted by Crippen LogP contribution is 2.10. The lowest BCUT2D eigenvalue weighted by Crippen LogP contribution is -1.85. The van der Waals surface area contributed by atoms with Crippen molar-refractivity contribution in [2.75, 3.05) is 0 Å². The first-order valence-corrected chi connectivity index (χ1v) is 10.3. The minimum absolute atomic E-state index is 1.17. The third-order valence-corrected chi connectivity index (χ3v) is 4.65. The Bertz CT molecular complexity index is 762. The summed E-state index contributed by atoms with van der Waals surface area (Å²) in [6.07, 6.45) is 16.7. The molecule has 2 aromatic carbocycles. The Kier molecular flexibility index (Phi) is 9.83. The van der Waals surface area contributed by atoms with E-state index in [1.54, 1.807) is 0 Å². The third kappa shape index (κ3) is 8.61. The van der Waals surface area contributed by atoms with Gasteiger partial charge in [0.2, 0.25) is 0 Å². The van der Waals surface area contributed by atoms with Gasteiger partial charge in [0.15, 0.2) is 0 Å². The molecule has 0 aromatic heterocycles. The van der Waals surface area contributed by atoms with Crippen molar-refractivity contribution in [3.63, 3.8) is 0 Å². The highest BCUT2D eigenvalue weighted by molar-refractivity contribution is 5.56. The lowest BCUT2D eigenvalue weighted by molar-refractivity contribution is 0.717. The molecule has 0 amide bonds. The van der Waals surface area contributed by atoms with Crippen LogP contribution in [0.1, 0.15) is 68.2 Å². The Hall–Kier alpha value is -2.52. The molecule has 0 heteroatoms. The number of rotatable bonds is 9. The molecule has 27 heavy (non-hydrogen) atoms. The Morgan fingerprint density at radius 1 is 0.593 bits per heavy atom. The van der Waals surface area contributed by atoms with Gasteiger partial charge in [-0.15, -0.1) is 0 Å². The van der Waals surface area contributed by atoms with Crippen LogP contribution in [0.25, 0.3) is 12.2 Å². The van der Waals surface area contributed by atoms with E-state index in [1.807, 2.05) is 12.2 Å². The van der Waals surface area contributed by atoms with Crippen molar-refractivity contribution in [2.24, 2.45) is 0 Å². The van der Waals surface area contributed by atoms with E-state index in [2.05, 4.69) is 86.4 Å². The molecule has 0 unspecified atom stereocenters. The minimum Gasteiger partial charge on any atom is -0.0702 e. The highest BCUT2D eigenvalue weighted by Gasteiger charge is 1.93. The molecule has 0 heterocycles. The summed E-state index contributed by atoms with van der Waals surface area (Å²) in [4.78, 5) is 0. The van der Waals surface area contributed by atoms with Crippen LogP contribution in [-0.4, -0.2) is 0 Å². The van der Waals surface area contributed by atoms with E-state index >= 15 is 0 Å². The molecular weight excluding hydrogens is 324 g/mol. The number of hydrogen-bond acceptors (Lipinski definition) is 0. The topological polar surface area (TPSA) is 0 Å². The van der Waals surface area contributed by atoms with E-state index in [9.17, 15) is 0 Å². The number of unbranched alkanes of at least 4 members (excludes halogenated alkanes) is 3. The Morgan fingerprint density at radius 2 is 1.04 bits per heavy atom. The van der Waals surface area contributed by atoms with Crippen molar-refractivity contribution in [3.8, 4) is 11.8 Å². The van der Waals surface area contributed by atoms with Crippen molar-refractivity contribution < 1.29 is 0 Å². The molecule has 0 N–H and O–H groups in total. The van der Waals surface area contributed by atoms with Crippen molar-refractivity contribution in [1.82, 2.24) is 0 Å². The van der Waals surface area contributed by atoms with Crippen LogP contribution in [0.5, 0.6) is 0 Å². The second kappa shape index (κ2) is 12.8. The normalized spacial score (nSPS) is 11.0. The molecule has 0 spiro atoms. The second-order valence-corrected chi connectivity index (χ2v) is 7.00. The van der Waals surface area contributed by atoms with Crippen LogP contribution in [0.2, 0.25) is 0 Å². The van der Waals surface area contributed by atoms with Gasteiger partial charge in [-0.2, -0.15) is 0 Å². The van der Waals surface area contributed by atoms with Gasteiger partial charge in [-0.3, -0.25) is 0 Å². The summed E-state index contributed by atoms with van der Waals surface area (Å²) >= 11 is 0. The van der Waals surface area contributed by atoms with Gasteiger partial charge in [0.25, 0.3) is 0 Å². The van der Waals surface area contributed by atoms with Gasteiger partial charge in [0.1, 0.15) is 0 Å². The fraction of sp³-hybridized carbons (Fsp3) is 0.333. The molecule has 0 aliphatic carbocycles. The third-order valence-electron chi connectivity index (χ3n) is 4.65. The minimum atomic E-state index is 1.17. The van der Waals surface area contributed by atoms with E-state index in [4.69, 9.17) is 0 Å². The summed E-state index contributed by atoms with van der Waals surface area (Å²) < 4.78 is 0. The fourth-order valence-corrected chi connectivity index (χ4v) is 2.92. The first kappa shape index (κ1) is 20.8. The molecule has 2 aromatic rings. The maximum Gasteiger partial charge on any atom is -0.0109 e. The van der Waals surface area contributed by atoms with Crippen molar-refractivity contribution in [2.45, 2.75) is 58.8 Å². The number of hydrogen-bond donors (Lipinski definition) is 0. The molecule has 0 saturated carbocycles. The molecular formula is C27H32. The maximum absolute atomic E-state index is 3.08. The number of benzene rings is 2. The molecule has 0 aliphatic heterocycles. The van der Waals surface area contributed by atoms with Gasteiger partial charge >= 0.3 is 0 Å². The molecule has 140 valence electrons. The molecule has 0 saturated heterocycles. The predicted octanol–water partition coefficient (Wildman–Crippen LogP) is 7.49. The van der Waals surface area contributed by atoms with Crippen LogP contribution in [0.15, 0.2) is 60.7 Å². The molecule has 0 nitrogen and oxygen atoms in total. The largest absolute Gasteiger partial charge is 0.0702 e. The first-order chi connectivity index (χ1) is 13.3. The standard InChI is InChI=1S/C27H32/c1-3-5-9-13-25-20-22-27(23-21-25)15-11-8-7-10-14-26-18-16-24(17-19-26)12-6-4-2/h10-11,14-23H,3-6,9,12-13H2,1-2H3/b14-10+,15-11+. The van der Waals surface area contributed by atoms with Gasteiger partial charge in [-0.25, -0.2) is 0 Å². The molecule has 0 atom stereocenters. The Morgan fingerprint density at radius 3 is 1.48 bits per heavy atom. The Labute approximate surface area is 166 Å². The fourth-order valence-electron chi connectivity index (χ4n) is 2.92. The SMILES string of the molecule is CCCCCc1ccc(/C=C/C#C/C=C/c2ccc(CCCC)cc2)cc1. The van der Waals surface area contributed by atoms with Crippen LogP contribution < -0.4 is 0 Å². The molecule has 2 rings (SSSR count). The first-order valence-electron chi connectivity index (χ1n) is 10.3. The van der Waals surface area contributed by atoms with Crippen LogP contribution >= 0.6 is 0 Å². The van der Waals surface area contributed by atoms with Crippen LogP contribution in [-0.2, 0) is 12.8 Å². The van der Waals surface area contributed by atoms with Crippen molar-refractivity contribution >= 4 is 12.2 Å². The molecule has 0 radical (unpaired) electrons. The lowest BCUT2D eigenvalue weighted by Gasteiger charge is -2.00. The molecule has 0 bridgehead atoms. The Balaban J connectivity index is 1.79. The van der Waals surface area contributed by atoms with Crippen LogP contribution in [0.4, 0.5) is 0 Å². The zero-order chi connectivity index (χ0) is 19.2. The summed E-state index contributed by atoms with van der Waals surface area (Å²) in [5.41, 5.74) is 5.25. The van der Waals surface area contributed by atoms with Gasteiger partial charge in [-0.1, -0.05) is 93.5 Å². The van der Waals surface area contributed by atoms with Crippen molar-refractivity contribution in [3.05, 3.63) is 82.9 Å². The molecule has 0 fully saturated rings. The van der Waals surface area contributed by atoms with Gasteiger partial charge in [0, 0.05) is 0 Å². The smallest absolute Gasteiger partial charge is 0.0109 e. The summed E-state index contributed by atoms with van der Waals surface area (Å²) in [6.45, 7) is 4.47. The molecule has 0 aliphatic rings. The quantitative estimate of drug-likeness (QED) is 0.322. The van der Waals surface area contributed by atoms with Gasteiger partial charge in [0.05, 0.1) is 0 Å². The van der Waals surface area contributed by atoms with E-state index in [-0.39, 0.29) is 0 Å². The van der Waals surface area contributed by atoms with E-state index in [0.717, 1.165) is 0 Å². The summed E-state index contributed by atoms with van der Waals surface area (Å²) in [7, 11) is 0. The highest BCUT2D eigenvalue weighted by atomic mass is 14.0.